The molecule has 0 aliphatic rings. The van der Waals surface area contributed by atoms with E-state index in [1.54, 1.807) is 0 Å². The van der Waals surface area contributed by atoms with E-state index in [9.17, 15) is 4.57 Å². The molecule has 0 aromatic heterocycles. The predicted octanol–water partition coefficient (Wildman–Crippen LogP) is 2.14. The van der Waals surface area contributed by atoms with Gasteiger partial charge in [-0.2, -0.15) is 0 Å². The molecular formula is C9H11O3P. The van der Waals surface area contributed by atoms with Gasteiger partial charge in [0.15, 0.2) is 0 Å². The lowest BCUT2D eigenvalue weighted by molar-refractivity contribution is 0.386. The Morgan fingerprint density at radius 1 is 1.31 bits per heavy atom. The lowest BCUT2D eigenvalue weighted by atomic mass is 10.1. The molecule has 0 spiro atoms. The topological polar surface area (TPSA) is 57.5 Å². The quantitative estimate of drug-likeness (QED) is 0.716. The Morgan fingerprint density at radius 2 is 1.92 bits per heavy atom. The SMILES string of the molecule is Cc1ccccc1/C=C/P(=O)(O)O. The maximum atomic E-state index is 10.5. The van der Waals surface area contributed by atoms with Crippen molar-refractivity contribution < 1.29 is 14.4 Å². The van der Waals surface area contributed by atoms with E-state index < -0.39 is 7.60 Å². The molecule has 2 N–H and O–H groups in total. The maximum Gasteiger partial charge on any atom is 0.349 e. The summed E-state index contributed by atoms with van der Waals surface area (Å²) in [7, 11) is -4.03. The predicted molar refractivity (Wildman–Crippen MR) is 52.3 cm³/mol. The smallest absolute Gasteiger partial charge is 0.321 e. The third kappa shape index (κ3) is 3.55. The summed E-state index contributed by atoms with van der Waals surface area (Å²) < 4.78 is 10.5. The normalized spacial score (nSPS) is 12.2. The van der Waals surface area contributed by atoms with Crippen LogP contribution in [-0.2, 0) is 4.57 Å². The van der Waals surface area contributed by atoms with Gasteiger partial charge in [0.25, 0.3) is 0 Å². The number of hydrogen-bond donors (Lipinski definition) is 2. The van der Waals surface area contributed by atoms with E-state index in [1.165, 1.54) is 6.08 Å². The van der Waals surface area contributed by atoms with Gasteiger partial charge in [0.2, 0.25) is 0 Å². The van der Waals surface area contributed by atoms with E-state index in [2.05, 4.69) is 0 Å². The van der Waals surface area contributed by atoms with Crippen molar-refractivity contribution in [3.8, 4) is 0 Å². The van der Waals surface area contributed by atoms with E-state index in [0.717, 1.165) is 16.9 Å². The Kier molecular flexibility index (Phi) is 3.04. The van der Waals surface area contributed by atoms with Crippen LogP contribution in [0.15, 0.2) is 30.1 Å². The molecule has 0 atom stereocenters. The van der Waals surface area contributed by atoms with Gasteiger partial charge in [-0.15, -0.1) is 0 Å². The molecule has 4 heteroatoms. The summed E-state index contributed by atoms with van der Waals surface area (Å²) in [5, 5.41) is 0. The Morgan fingerprint density at radius 3 is 2.46 bits per heavy atom. The second-order valence-corrected chi connectivity index (χ2v) is 4.24. The first kappa shape index (κ1) is 10.2. The van der Waals surface area contributed by atoms with Gasteiger partial charge in [0, 0.05) is 5.82 Å². The summed E-state index contributed by atoms with van der Waals surface area (Å²) in [6, 6.07) is 7.40. The minimum absolute atomic E-state index is 0.825. The Bertz CT molecular complexity index is 365. The third-order valence-electron chi connectivity index (χ3n) is 1.64. The molecular weight excluding hydrogens is 187 g/mol. The first-order valence-electron chi connectivity index (χ1n) is 3.79. The minimum atomic E-state index is -4.03. The zero-order valence-electron chi connectivity index (χ0n) is 7.21. The molecule has 0 heterocycles. The Hall–Kier alpha value is -0.890. The van der Waals surface area contributed by atoms with E-state index in [-0.39, 0.29) is 0 Å². The standard InChI is InChI=1S/C9H11O3P/c1-8-4-2-3-5-9(8)6-7-13(10,11)12/h2-7H,1H3,(H2,10,11,12)/b7-6+. The van der Waals surface area contributed by atoms with Crippen molar-refractivity contribution in [2.45, 2.75) is 6.92 Å². The highest BCUT2D eigenvalue weighted by molar-refractivity contribution is 7.55. The van der Waals surface area contributed by atoms with Crippen LogP contribution in [0.25, 0.3) is 6.08 Å². The van der Waals surface area contributed by atoms with Crippen molar-refractivity contribution in [3.05, 3.63) is 41.2 Å². The molecule has 0 saturated carbocycles. The monoisotopic (exact) mass is 198 g/mol. The molecule has 70 valence electrons. The summed E-state index contributed by atoms with van der Waals surface area (Å²) in [5.74, 6) is 0.912. The van der Waals surface area contributed by atoms with Crippen LogP contribution in [0.1, 0.15) is 11.1 Å². The van der Waals surface area contributed by atoms with Crippen molar-refractivity contribution in [1.29, 1.82) is 0 Å². The first-order valence-corrected chi connectivity index (χ1v) is 5.47. The fourth-order valence-electron chi connectivity index (χ4n) is 0.951. The number of hydrogen-bond acceptors (Lipinski definition) is 1. The van der Waals surface area contributed by atoms with E-state index >= 15 is 0 Å². The Labute approximate surface area is 76.9 Å². The van der Waals surface area contributed by atoms with Gasteiger partial charge in [-0.25, -0.2) is 0 Å². The molecule has 3 nitrogen and oxygen atoms in total. The summed E-state index contributed by atoms with van der Waals surface area (Å²) in [5.41, 5.74) is 1.82. The number of benzene rings is 1. The van der Waals surface area contributed by atoms with Gasteiger partial charge in [-0.05, 0) is 24.1 Å². The fraction of sp³-hybridized carbons (Fsp3) is 0.111. The molecule has 1 aromatic carbocycles. The number of aryl methyl sites for hydroxylation is 1. The largest absolute Gasteiger partial charge is 0.349 e. The van der Waals surface area contributed by atoms with Crippen molar-refractivity contribution in [3.63, 3.8) is 0 Å². The molecule has 0 saturated heterocycles. The highest BCUT2D eigenvalue weighted by Crippen LogP contribution is 2.36. The molecule has 0 aliphatic carbocycles. The second kappa shape index (κ2) is 3.88. The summed E-state index contributed by atoms with van der Waals surface area (Å²) >= 11 is 0. The van der Waals surface area contributed by atoms with Gasteiger partial charge >= 0.3 is 7.60 Å². The summed E-state index contributed by atoms with van der Waals surface area (Å²) in [6.45, 7) is 1.89. The third-order valence-corrected chi connectivity index (χ3v) is 2.17. The molecule has 13 heavy (non-hydrogen) atoms. The summed E-state index contributed by atoms with van der Waals surface area (Å²) in [6.07, 6.45) is 1.44. The van der Waals surface area contributed by atoms with E-state index in [4.69, 9.17) is 9.79 Å². The fourth-order valence-corrected chi connectivity index (χ4v) is 1.31. The van der Waals surface area contributed by atoms with Crippen LogP contribution >= 0.6 is 7.60 Å². The van der Waals surface area contributed by atoms with Gasteiger partial charge < -0.3 is 9.79 Å². The zero-order chi connectivity index (χ0) is 9.90. The average molecular weight is 198 g/mol. The lowest BCUT2D eigenvalue weighted by Crippen LogP contribution is -1.78. The van der Waals surface area contributed by atoms with Crippen molar-refractivity contribution in [2.75, 3.05) is 0 Å². The molecule has 0 amide bonds. The molecule has 0 fully saturated rings. The van der Waals surface area contributed by atoms with Crippen LogP contribution in [0.2, 0.25) is 0 Å². The molecule has 1 aromatic rings. The Balaban J connectivity index is 2.93. The molecule has 0 aliphatic heterocycles. The van der Waals surface area contributed by atoms with Crippen LogP contribution in [0.4, 0.5) is 0 Å². The van der Waals surface area contributed by atoms with Crippen LogP contribution in [0.5, 0.6) is 0 Å². The van der Waals surface area contributed by atoms with Crippen LogP contribution in [-0.4, -0.2) is 9.79 Å². The van der Waals surface area contributed by atoms with Gasteiger partial charge in [0.05, 0.1) is 0 Å². The van der Waals surface area contributed by atoms with E-state index in [1.807, 2.05) is 31.2 Å². The highest BCUT2D eigenvalue weighted by Gasteiger charge is 2.05. The first-order chi connectivity index (χ1) is 5.99. The van der Waals surface area contributed by atoms with Crippen molar-refractivity contribution >= 4 is 13.7 Å². The van der Waals surface area contributed by atoms with Crippen molar-refractivity contribution in [1.82, 2.24) is 0 Å². The maximum absolute atomic E-state index is 10.5. The van der Waals surface area contributed by atoms with Gasteiger partial charge in [-0.1, -0.05) is 24.3 Å². The van der Waals surface area contributed by atoms with Crippen LogP contribution < -0.4 is 0 Å². The van der Waals surface area contributed by atoms with Gasteiger partial charge in [-0.3, -0.25) is 4.57 Å². The zero-order valence-corrected chi connectivity index (χ0v) is 8.11. The van der Waals surface area contributed by atoms with Gasteiger partial charge in [0.1, 0.15) is 0 Å². The highest BCUT2D eigenvalue weighted by atomic mass is 31.2. The van der Waals surface area contributed by atoms with Crippen LogP contribution in [0, 0.1) is 6.92 Å². The van der Waals surface area contributed by atoms with E-state index in [0.29, 0.717) is 0 Å². The second-order valence-electron chi connectivity index (χ2n) is 2.76. The molecule has 0 radical (unpaired) electrons. The van der Waals surface area contributed by atoms with Crippen LogP contribution in [0.3, 0.4) is 0 Å². The minimum Gasteiger partial charge on any atom is -0.321 e. The molecule has 1 rings (SSSR count). The molecule has 0 bridgehead atoms. The average Bonchev–Trinajstić information content (AvgIpc) is 2.01. The molecule has 0 unspecified atom stereocenters. The lowest BCUT2D eigenvalue weighted by Gasteiger charge is -1.99. The number of rotatable bonds is 2. The summed E-state index contributed by atoms with van der Waals surface area (Å²) in [4.78, 5) is 17.2. The van der Waals surface area contributed by atoms with Crippen molar-refractivity contribution in [2.24, 2.45) is 0 Å².